The van der Waals surface area contributed by atoms with Crippen molar-refractivity contribution in [1.82, 2.24) is 0 Å². The first-order valence-corrected chi connectivity index (χ1v) is 4.80. The van der Waals surface area contributed by atoms with Crippen molar-refractivity contribution in [2.24, 2.45) is 5.73 Å². The van der Waals surface area contributed by atoms with E-state index in [0.29, 0.717) is 17.9 Å². The van der Waals surface area contributed by atoms with Gasteiger partial charge in [-0.25, -0.2) is 0 Å². The van der Waals surface area contributed by atoms with E-state index in [1.807, 2.05) is 38.1 Å². The number of hydrogen-bond acceptors (Lipinski definition) is 3. The molecule has 2 N–H and O–H groups in total. The number of benzene rings is 1. The van der Waals surface area contributed by atoms with Crippen LogP contribution < -0.4 is 15.4 Å². The third-order valence-electron chi connectivity index (χ3n) is 2.03. The molecular weight excluding hydrogens is 192 g/mol. The normalized spacial score (nSPS) is 9.80. The Morgan fingerprint density at radius 3 is 2.60 bits per heavy atom. The first-order chi connectivity index (χ1) is 7.07. The van der Waals surface area contributed by atoms with E-state index in [2.05, 4.69) is 0 Å². The number of amides is 1. The van der Waals surface area contributed by atoms with Gasteiger partial charge in [-0.2, -0.15) is 0 Å². The van der Waals surface area contributed by atoms with Crippen LogP contribution in [0.4, 0.5) is 5.69 Å². The van der Waals surface area contributed by atoms with Gasteiger partial charge in [0.25, 0.3) is 5.91 Å². The van der Waals surface area contributed by atoms with E-state index < -0.39 is 5.91 Å². The van der Waals surface area contributed by atoms with Crippen LogP contribution in [0.3, 0.4) is 0 Å². The molecule has 4 heteroatoms. The second kappa shape index (κ2) is 4.68. The molecule has 4 nitrogen and oxygen atoms in total. The number of ether oxygens (including phenoxy) is 1. The molecule has 0 saturated heterocycles. The second-order valence-corrected chi connectivity index (χ2v) is 3.34. The van der Waals surface area contributed by atoms with Gasteiger partial charge in [0.1, 0.15) is 11.3 Å². The van der Waals surface area contributed by atoms with Crippen LogP contribution >= 0.6 is 0 Å². The summed E-state index contributed by atoms with van der Waals surface area (Å²) in [6.07, 6.45) is 0. The molecule has 0 unspecified atom stereocenters. The number of nitrogens with two attached hydrogens (primary N) is 1. The highest BCUT2D eigenvalue weighted by molar-refractivity contribution is 6.01. The zero-order chi connectivity index (χ0) is 11.4. The maximum atomic E-state index is 11.3. The van der Waals surface area contributed by atoms with E-state index in [9.17, 15) is 4.79 Å². The van der Waals surface area contributed by atoms with E-state index in [0.717, 1.165) is 5.69 Å². The highest BCUT2D eigenvalue weighted by Gasteiger charge is 2.15. The van der Waals surface area contributed by atoms with E-state index in [1.54, 1.807) is 6.07 Å². The van der Waals surface area contributed by atoms with Gasteiger partial charge in [-0.1, -0.05) is 6.07 Å². The third-order valence-corrected chi connectivity index (χ3v) is 2.03. The smallest absolute Gasteiger partial charge is 0.254 e. The summed E-state index contributed by atoms with van der Waals surface area (Å²) in [5, 5.41) is 0. The van der Waals surface area contributed by atoms with Crippen LogP contribution in [-0.4, -0.2) is 26.6 Å². The molecule has 0 fully saturated rings. The van der Waals surface area contributed by atoms with Crippen LogP contribution in [0.25, 0.3) is 0 Å². The highest BCUT2D eigenvalue weighted by Crippen LogP contribution is 2.27. The lowest BCUT2D eigenvalue weighted by Gasteiger charge is -2.18. The predicted octanol–water partition coefficient (Wildman–Crippen LogP) is 1.25. The molecule has 1 aromatic rings. The Bertz CT molecular complexity index is 362. The molecule has 0 heterocycles. The van der Waals surface area contributed by atoms with Gasteiger partial charge >= 0.3 is 0 Å². The molecular formula is C11H16N2O2. The number of rotatable bonds is 4. The van der Waals surface area contributed by atoms with E-state index in [-0.39, 0.29) is 0 Å². The molecule has 1 amide bonds. The van der Waals surface area contributed by atoms with E-state index in [4.69, 9.17) is 10.5 Å². The molecule has 1 aromatic carbocycles. The number of anilines is 1. The van der Waals surface area contributed by atoms with Crippen molar-refractivity contribution in [3.63, 3.8) is 0 Å². The molecule has 1 rings (SSSR count). The minimum absolute atomic E-state index is 0.435. The molecule has 0 aliphatic heterocycles. The SMILES string of the molecule is CCOc1cccc(N(C)C)c1C(N)=O. The second-order valence-electron chi connectivity index (χ2n) is 3.34. The van der Waals surface area contributed by atoms with Gasteiger partial charge in [0, 0.05) is 14.1 Å². The van der Waals surface area contributed by atoms with Crippen LogP contribution in [0.1, 0.15) is 17.3 Å². The van der Waals surface area contributed by atoms with Gasteiger partial charge in [-0.3, -0.25) is 4.79 Å². The number of primary amides is 1. The van der Waals surface area contributed by atoms with Gasteiger partial charge in [0.05, 0.1) is 12.3 Å². The summed E-state index contributed by atoms with van der Waals surface area (Å²) < 4.78 is 5.36. The zero-order valence-corrected chi connectivity index (χ0v) is 9.28. The monoisotopic (exact) mass is 208 g/mol. The number of nitrogens with zero attached hydrogens (tertiary/aromatic N) is 1. The topological polar surface area (TPSA) is 55.6 Å². The van der Waals surface area contributed by atoms with Crippen LogP contribution in [0.2, 0.25) is 0 Å². The van der Waals surface area contributed by atoms with Gasteiger partial charge in [0.2, 0.25) is 0 Å². The lowest BCUT2D eigenvalue weighted by Crippen LogP contribution is -2.19. The van der Waals surface area contributed by atoms with E-state index in [1.165, 1.54) is 0 Å². The fourth-order valence-corrected chi connectivity index (χ4v) is 1.42. The first kappa shape index (κ1) is 11.4. The van der Waals surface area contributed by atoms with Crippen molar-refractivity contribution >= 4 is 11.6 Å². The summed E-state index contributed by atoms with van der Waals surface area (Å²) in [7, 11) is 3.72. The summed E-state index contributed by atoms with van der Waals surface area (Å²) in [6.45, 7) is 2.38. The van der Waals surface area contributed by atoms with Crippen molar-refractivity contribution in [2.75, 3.05) is 25.6 Å². The van der Waals surface area contributed by atoms with Gasteiger partial charge in [0.15, 0.2) is 0 Å². The van der Waals surface area contributed by atoms with Crippen LogP contribution in [0.5, 0.6) is 5.75 Å². The third kappa shape index (κ3) is 2.40. The van der Waals surface area contributed by atoms with Crippen molar-refractivity contribution in [3.05, 3.63) is 23.8 Å². The number of hydrogen-bond donors (Lipinski definition) is 1. The average Bonchev–Trinajstić information content (AvgIpc) is 2.17. The minimum atomic E-state index is -0.470. The van der Waals surface area contributed by atoms with Crippen molar-refractivity contribution in [3.8, 4) is 5.75 Å². The molecule has 15 heavy (non-hydrogen) atoms. The highest BCUT2D eigenvalue weighted by atomic mass is 16.5. The molecule has 0 saturated carbocycles. The molecule has 82 valence electrons. The van der Waals surface area contributed by atoms with Crippen molar-refractivity contribution in [1.29, 1.82) is 0 Å². The molecule has 0 aromatic heterocycles. The standard InChI is InChI=1S/C11H16N2O2/c1-4-15-9-7-5-6-8(13(2)3)10(9)11(12)14/h5-7H,4H2,1-3H3,(H2,12,14). The lowest BCUT2D eigenvalue weighted by atomic mass is 10.1. The summed E-state index contributed by atoms with van der Waals surface area (Å²) in [5.74, 6) is 0.0685. The molecule has 0 aliphatic rings. The average molecular weight is 208 g/mol. The zero-order valence-electron chi connectivity index (χ0n) is 9.28. The summed E-state index contributed by atoms with van der Waals surface area (Å²) in [5.41, 5.74) is 6.54. The molecule has 0 aliphatic carbocycles. The Labute approximate surface area is 89.6 Å². The van der Waals surface area contributed by atoms with Gasteiger partial charge in [-0.15, -0.1) is 0 Å². The van der Waals surface area contributed by atoms with Crippen LogP contribution in [0, 0.1) is 0 Å². The summed E-state index contributed by atoms with van der Waals surface area (Å²) in [4.78, 5) is 13.2. The maximum absolute atomic E-state index is 11.3. The van der Waals surface area contributed by atoms with Crippen molar-refractivity contribution < 1.29 is 9.53 Å². The summed E-state index contributed by atoms with van der Waals surface area (Å²) in [6, 6.07) is 5.42. The largest absolute Gasteiger partial charge is 0.493 e. The Morgan fingerprint density at radius 2 is 2.13 bits per heavy atom. The molecule has 0 atom stereocenters. The number of carbonyl (C=O) groups excluding carboxylic acids is 1. The van der Waals surface area contributed by atoms with E-state index >= 15 is 0 Å². The number of carbonyl (C=O) groups is 1. The molecule has 0 bridgehead atoms. The molecule has 0 spiro atoms. The quantitative estimate of drug-likeness (QED) is 0.810. The molecule has 0 radical (unpaired) electrons. The van der Waals surface area contributed by atoms with Gasteiger partial charge in [-0.05, 0) is 19.1 Å². The lowest BCUT2D eigenvalue weighted by molar-refractivity contribution is 0.0997. The van der Waals surface area contributed by atoms with Crippen LogP contribution in [0.15, 0.2) is 18.2 Å². The Balaban J connectivity index is 3.28. The Kier molecular flexibility index (Phi) is 3.55. The van der Waals surface area contributed by atoms with Crippen molar-refractivity contribution in [2.45, 2.75) is 6.92 Å². The summed E-state index contributed by atoms with van der Waals surface area (Å²) >= 11 is 0. The maximum Gasteiger partial charge on any atom is 0.254 e. The Hall–Kier alpha value is -1.71. The minimum Gasteiger partial charge on any atom is -0.493 e. The Morgan fingerprint density at radius 1 is 1.47 bits per heavy atom. The predicted molar refractivity (Wildman–Crippen MR) is 60.5 cm³/mol. The van der Waals surface area contributed by atoms with Crippen LogP contribution in [-0.2, 0) is 0 Å². The fourth-order valence-electron chi connectivity index (χ4n) is 1.42. The first-order valence-electron chi connectivity index (χ1n) is 4.80. The van der Waals surface area contributed by atoms with Gasteiger partial charge < -0.3 is 15.4 Å². The fraction of sp³-hybridized carbons (Fsp3) is 0.364.